The number of likely N-dealkylation sites (tertiary alicyclic amines) is 2. The molecule has 3 aliphatic rings. The van der Waals surface area contributed by atoms with Crippen LogP contribution in [-0.2, 0) is 11.3 Å². The molecular weight excluding hydrogens is 552 g/mol. The number of carbonyl (C=O) groups is 2. The van der Waals surface area contributed by atoms with Gasteiger partial charge in [0.05, 0.1) is 18.6 Å². The van der Waals surface area contributed by atoms with Crippen molar-refractivity contribution in [3.8, 4) is 5.75 Å². The Morgan fingerprint density at radius 3 is 2.54 bits per heavy atom. The van der Waals surface area contributed by atoms with Gasteiger partial charge in [-0.15, -0.1) is 11.3 Å². The van der Waals surface area contributed by atoms with E-state index in [1.165, 1.54) is 36.5 Å². The summed E-state index contributed by atoms with van der Waals surface area (Å²) in [6, 6.07) is 15.8. The molecule has 6 rings (SSSR count). The lowest BCUT2D eigenvalue weighted by Gasteiger charge is -2.55. The lowest BCUT2D eigenvalue weighted by Crippen LogP contribution is -2.78. The van der Waals surface area contributed by atoms with Gasteiger partial charge in [0.1, 0.15) is 29.7 Å². The van der Waals surface area contributed by atoms with E-state index in [0.717, 1.165) is 20.2 Å². The SMILES string of the molecule is Cc1c(O)cccc1C(=O)N[C@]1([C@H](O)C(O)N2CC(F)(F)C3(C)[C@H]2C(=O)N3Cc2cccs2)C[C@H]1c1ccccc1. The van der Waals surface area contributed by atoms with Gasteiger partial charge in [-0.25, -0.2) is 8.78 Å². The molecule has 2 aliphatic heterocycles. The number of aliphatic hydroxyl groups excluding tert-OH is 2. The van der Waals surface area contributed by atoms with Crippen LogP contribution in [0.5, 0.6) is 5.75 Å². The number of phenols is 1. The molecule has 2 unspecified atom stereocenters. The molecule has 2 saturated heterocycles. The first kappa shape index (κ1) is 27.8. The Bertz CT molecular complexity index is 1490. The molecule has 1 aromatic heterocycles. The van der Waals surface area contributed by atoms with Crippen molar-refractivity contribution in [1.82, 2.24) is 15.1 Å². The maximum Gasteiger partial charge on any atom is 0.285 e. The maximum atomic E-state index is 15.6. The molecular formula is C30H31F2N3O5S. The van der Waals surface area contributed by atoms with Crippen molar-refractivity contribution in [2.45, 2.75) is 68.1 Å². The highest BCUT2D eigenvalue weighted by Gasteiger charge is 2.78. The van der Waals surface area contributed by atoms with Crippen LogP contribution in [-0.4, -0.2) is 78.9 Å². The van der Waals surface area contributed by atoms with Crippen LogP contribution in [0.4, 0.5) is 8.78 Å². The Kier molecular flexibility index (Phi) is 6.49. The van der Waals surface area contributed by atoms with E-state index >= 15 is 8.78 Å². The van der Waals surface area contributed by atoms with E-state index in [0.29, 0.717) is 5.56 Å². The third-order valence-electron chi connectivity index (χ3n) is 9.19. The van der Waals surface area contributed by atoms with Crippen LogP contribution >= 0.6 is 11.3 Å². The third kappa shape index (κ3) is 4.09. The van der Waals surface area contributed by atoms with Crippen molar-refractivity contribution in [2.24, 2.45) is 0 Å². The zero-order valence-electron chi connectivity index (χ0n) is 22.5. The number of alkyl halides is 2. The molecule has 41 heavy (non-hydrogen) atoms. The van der Waals surface area contributed by atoms with E-state index in [4.69, 9.17) is 0 Å². The van der Waals surface area contributed by atoms with Crippen LogP contribution in [0, 0.1) is 6.92 Å². The number of rotatable bonds is 8. The summed E-state index contributed by atoms with van der Waals surface area (Å²) >= 11 is 1.37. The molecule has 216 valence electrons. The molecule has 2 aromatic carbocycles. The minimum atomic E-state index is -3.36. The Labute approximate surface area is 239 Å². The first-order chi connectivity index (χ1) is 19.4. The third-order valence-corrected chi connectivity index (χ3v) is 10.1. The summed E-state index contributed by atoms with van der Waals surface area (Å²) in [4.78, 5) is 29.6. The molecule has 4 N–H and O–H groups in total. The van der Waals surface area contributed by atoms with Gasteiger partial charge < -0.3 is 25.5 Å². The van der Waals surface area contributed by atoms with Crippen LogP contribution < -0.4 is 5.32 Å². The lowest BCUT2D eigenvalue weighted by molar-refractivity contribution is -0.197. The van der Waals surface area contributed by atoms with Crippen LogP contribution in [0.2, 0.25) is 0 Å². The van der Waals surface area contributed by atoms with Crippen LogP contribution in [0.15, 0.2) is 66.0 Å². The van der Waals surface area contributed by atoms with Crippen molar-refractivity contribution in [1.29, 1.82) is 0 Å². The zero-order valence-corrected chi connectivity index (χ0v) is 23.3. The molecule has 2 amide bonds. The number of halogens is 2. The number of nitrogens with one attached hydrogen (secondary N) is 1. The largest absolute Gasteiger partial charge is 0.508 e. The summed E-state index contributed by atoms with van der Waals surface area (Å²) in [5, 5.41) is 37.9. The van der Waals surface area contributed by atoms with Gasteiger partial charge in [-0.05, 0) is 49.4 Å². The van der Waals surface area contributed by atoms with Crippen molar-refractivity contribution < 1.29 is 33.7 Å². The number of thiophene rings is 1. The van der Waals surface area contributed by atoms with Crippen molar-refractivity contribution in [2.75, 3.05) is 6.54 Å². The van der Waals surface area contributed by atoms with Gasteiger partial charge in [-0.3, -0.25) is 14.5 Å². The molecule has 3 heterocycles. The number of carbonyl (C=O) groups excluding carboxylic acids is 2. The first-order valence-electron chi connectivity index (χ1n) is 13.4. The minimum absolute atomic E-state index is 0.0327. The van der Waals surface area contributed by atoms with Gasteiger partial charge in [0.25, 0.3) is 11.8 Å². The maximum absolute atomic E-state index is 15.6. The predicted octanol–water partition coefficient (Wildman–Crippen LogP) is 3.22. The summed E-state index contributed by atoms with van der Waals surface area (Å²) in [6.45, 7) is 2.01. The second-order valence-corrected chi connectivity index (χ2v) is 12.4. The summed E-state index contributed by atoms with van der Waals surface area (Å²) in [6.07, 6.45) is -3.32. The minimum Gasteiger partial charge on any atom is -0.508 e. The standard InChI is InChI=1S/C30H31F2N3O5S/c1-17-20(11-6-12-22(17)36)25(38)33-29(14-21(29)18-8-4-3-5-9-18)24(37)27(40)34-16-30(31,32)28(2)23(34)26(39)35(28)15-19-10-7-13-41-19/h3-13,21,23-24,27,36-37,40H,14-16H2,1-2H3,(H,33,38)/t21-,23+,24+,27?,28?,29+/m0/s1. The Morgan fingerprint density at radius 1 is 1.12 bits per heavy atom. The molecule has 0 bridgehead atoms. The molecule has 11 heteroatoms. The van der Waals surface area contributed by atoms with E-state index in [1.54, 1.807) is 19.1 Å². The topological polar surface area (TPSA) is 113 Å². The lowest BCUT2D eigenvalue weighted by atomic mass is 9.78. The van der Waals surface area contributed by atoms with Crippen molar-refractivity contribution >= 4 is 23.2 Å². The first-order valence-corrected chi connectivity index (χ1v) is 14.3. The number of hydrogen-bond acceptors (Lipinski definition) is 7. The van der Waals surface area contributed by atoms with E-state index in [2.05, 4.69) is 5.32 Å². The zero-order chi connectivity index (χ0) is 29.3. The normalized spacial score (nSPS) is 29.9. The Balaban J connectivity index is 1.30. The average molecular weight is 584 g/mol. The summed E-state index contributed by atoms with van der Waals surface area (Å²) in [7, 11) is 0. The average Bonchev–Trinajstić information content (AvgIpc) is 3.34. The molecule has 1 saturated carbocycles. The van der Waals surface area contributed by atoms with E-state index < -0.39 is 59.7 Å². The fourth-order valence-corrected chi connectivity index (χ4v) is 7.29. The number of amides is 2. The fraction of sp³-hybridized carbons (Fsp3) is 0.400. The molecule has 3 fully saturated rings. The van der Waals surface area contributed by atoms with Gasteiger partial charge in [0.15, 0.2) is 0 Å². The number of phenolic OH excluding ortho intramolecular Hbond substituents is 1. The van der Waals surface area contributed by atoms with Gasteiger partial charge in [0.2, 0.25) is 5.91 Å². The Hall–Kier alpha value is -3.38. The molecule has 1 aliphatic carbocycles. The van der Waals surface area contributed by atoms with Crippen molar-refractivity contribution in [3.63, 3.8) is 0 Å². The number of benzene rings is 2. The highest BCUT2D eigenvalue weighted by molar-refractivity contribution is 7.09. The highest BCUT2D eigenvalue weighted by Crippen LogP contribution is 2.57. The van der Waals surface area contributed by atoms with Crippen LogP contribution in [0.1, 0.15) is 45.6 Å². The second kappa shape index (κ2) is 9.59. The quantitative estimate of drug-likeness (QED) is 0.303. The van der Waals surface area contributed by atoms with Gasteiger partial charge >= 0.3 is 0 Å². The summed E-state index contributed by atoms with van der Waals surface area (Å²) in [5.41, 5.74) is -1.94. The second-order valence-electron chi connectivity index (χ2n) is 11.4. The van der Waals surface area contributed by atoms with E-state index in [1.807, 2.05) is 35.7 Å². The monoisotopic (exact) mass is 583 g/mol. The van der Waals surface area contributed by atoms with Gasteiger partial charge in [-0.2, -0.15) is 0 Å². The Morgan fingerprint density at radius 2 is 1.85 bits per heavy atom. The molecule has 0 spiro atoms. The predicted molar refractivity (Wildman–Crippen MR) is 148 cm³/mol. The van der Waals surface area contributed by atoms with Gasteiger partial charge in [0, 0.05) is 21.9 Å². The van der Waals surface area contributed by atoms with Crippen LogP contribution in [0.3, 0.4) is 0 Å². The number of aliphatic hydroxyl groups is 2. The smallest absolute Gasteiger partial charge is 0.285 e. The van der Waals surface area contributed by atoms with Gasteiger partial charge in [-0.1, -0.05) is 42.5 Å². The van der Waals surface area contributed by atoms with E-state index in [-0.39, 0.29) is 24.3 Å². The summed E-state index contributed by atoms with van der Waals surface area (Å²) in [5.74, 6) is -4.98. The molecule has 0 radical (unpaired) electrons. The molecule has 3 aromatic rings. The van der Waals surface area contributed by atoms with Crippen LogP contribution in [0.25, 0.3) is 0 Å². The van der Waals surface area contributed by atoms with E-state index in [9.17, 15) is 24.9 Å². The molecule has 8 nitrogen and oxygen atoms in total. The molecule has 6 atom stereocenters. The number of fused-ring (bicyclic) bond motifs is 1. The summed E-state index contributed by atoms with van der Waals surface area (Å²) < 4.78 is 31.2. The number of hydrogen-bond donors (Lipinski definition) is 4. The fourth-order valence-electron chi connectivity index (χ4n) is 6.60. The number of aromatic hydroxyl groups is 1. The van der Waals surface area contributed by atoms with Crippen molar-refractivity contribution in [3.05, 3.63) is 87.6 Å². The number of β-lactam (4-membered cyclic amide) rings is 1. The number of nitrogens with zero attached hydrogens (tertiary/aromatic N) is 2. The highest BCUT2D eigenvalue weighted by atomic mass is 32.1.